The number of thioether (sulfide) groups is 1. The highest BCUT2D eigenvalue weighted by atomic mass is 35.5. The molecule has 0 fully saturated rings. The SMILES string of the molecule is CSC(C)(C)CNS(=O)(=O)c1cc(N)c(Cl)cc1C. The third kappa shape index (κ3) is 4.27. The summed E-state index contributed by atoms with van der Waals surface area (Å²) in [6, 6.07) is 2.96. The summed E-state index contributed by atoms with van der Waals surface area (Å²) in [4.78, 5) is 0.173. The number of halogens is 1. The Bertz CT molecular complexity index is 571. The Morgan fingerprint density at radius 1 is 1.42 bits per heavy atom. The number of nitrogens with two attached hydrogens (primary N) is 1. The van der Waals surface area contributed by atoms with E-state index in [0.29, 0.717) is 17.1 Å². The first-order valence-corrected chi connectivity index (χ1v) is 8.78. The van der Waals surface area contributed by atoms with Crippen molar-refractivity contribution < 1.29 is 8.42 Å². The third-order valence-electron chi connectivity index (χ3n) is 2.82. The van der Waals surface area contributed by atoms with Crippen molar-refractivity contribution in [2.45, 2.75) is 30.4 Å². The van der Waals surface area contributed by atoms with Gasteiger partial charge in [0.15, 0.2) is 0 Å². The van der Waals surface area contributed by atoms with Gasteiger partial charge in [-0.15, -0.1) is 0 Å². The highest BCUT2D eigenvalue weighted by Crippen LogP contribution is 2.27. The smallest absolute Gasteiger partial charge is 0.240 e. The average molecular weight is 323 g/mol. The molecule has 1 aromatic rings. The zero-order valence-electron chi connectivity index (χ0n) is 11.5. The summed E-state index contributed by atoms with van der Waals surface area (Å²) in [7, 11) is -3.58. The minimum atomic E-state index is -3.58. The van der Waals surface area contributed by atoms with Gasteiger partial charge in [-0.2, -0.15) is 11.8 Å². The number of nitrogen functional groups attached to an aromatic ring is 1. The van der Waals surface area contributed by atoms with Crippen LogP contribution in [0.1, 0.15) is 19.4 Å². The largest absolute Gasteiger partial charge is 0.397 e. The van der Waals surface area contributed by atoms with Crippen molar-refractivity contribution in [1.29, 1.82) is 0 Å². The van der Waals surface area contributed by atoms with E-state index in [0.717, 1.165) is 0 Å². The molecule has 108 valence electrons. The Kier molecular flexibility index (Phi) is 5.17. The second kappa shape index (κ2) is 5.91. The average Bonchev–Trinajstić information content (AvgIpc) is 2.31. The number of rotatable bonds is 5. The minimum Gasteiger partial charge on any atom is -0.397 e. The van der Waals surface area contributed by atoms with Crippen molar-refractivity contribution in [2.75, 3.05) is 18.5 Å². The molecule has 0 bridgehead atoms. The molecule has 0 heterocycles. The molecule has 0 spiro atoms. The predicted molar refractivity (Wildman–Crippen MR) is 83.4 cm³/mol. The van der Waals surface area contributed by atoms with Crippen LogP contribution in [0, 0.1) is 6.92 Å². The van der Waals surface area contributed by atoms with Crippen molar-refractivity contribution in [2.24, 2.45) is 0 Å². The fraction of sp³-hybridized carbons (Fsp3) is 0.500. The Morgan fingerprint density at radius 3 is 2.53 bits per heavy atom. The maximum atomic E-state index is 12.3. The molecular weight excluding hydrogens is 304 g/mol. The highest BCUT2D eigenvalue weighted by molar-refractivity contribution is 8.00. The second-order valence-corrected chi connectivity index (χ2v) is 8.58. The lowest BCUT2D eigenvalue weighted by atomic mass is 10.2. The van der Waals surface area contributed by atoms with Gasteiger partial charge in [0.25, 0.3) is 0 Å². The molecule has 4 nitrogen and oxygen atoms in total. The van der Waals surface area contributed by atoms with Crippen LogP contribution >= 0.6 is 23.4 Å². The molecule has 0 aliphatic carbocycles. The number of anilines is 1. The van der Waals surface area contributed by atoms with E-state index in [2.05, 4.69) is 4.72 Å². The number of nitrogens with one attached hydrogen (secondary N) is 1. The monoisotopic (exact) mass is 322 g/mol. The van der Waals surface area contributed by atoms with Crippen molar-refractivity contribution in [3.63, 3.8) is 0 Å². The summed E-state index contributed by atoms with van der Waals surface area (Å²) in [5.41, 5.74) is 6.50. The molecule has 0 saturated carbocycles. The molecule has 0 saturated heterocycles. The van der Waals surface area contributed by atoms with Crippen LogP contribution in [-0.4, -0.2) is 26.0 Å². The van der Waals surface area contributed by atoms with E-state index >= 15 is 0 Å². The van der Waals surface area contributed by atoms with Gasteiger partial charge >= 0.3 is 0 Å². The molecule has 0 unspecified atom stereocenters. The lowest BCUT2D eigenvalue weighted by Gasteiger charge is -2.22. The molecular formula is C12H19ClN2O2S2. The Hall–Kier alpha value is -0.430. The van der Waals surface area contributed by atoms with Crippen molar-refractivity contribution in [3.05, 3.63) is 22.7 Å². The van der Waals surface area contributed by atoms with E-state index in [4.69, 9.17) is 17.3 Å². The molecule has 7 heteroatoms. The molecule has 0 aliphatic heterocycles. The van der Waals surface area contributed by atoms with Crippen LogP contribution in [-0.2, 0) is 10.0 Å². The maximum Gasteiger partial charge on any atom is 0.240 e. The van der Waals surface area contributed by atoms with Crippen molar-refractivity contribution >= 4 is 39.1 Å². The lowest BCUT2D eigenvalue weighted by molar-refractivity contribution is 0.570. The standard InChI is InChI=1S/C12H19ClN2O2S2/c1-8-5-9(13)10(14)6-11(8)19(16,17)15-7-12(2,3)18-4/h5-6,15H,7,14H2,1-4H3. The quantitative estimate of drug-likeness (QED) is 0.817. The number of benzene rings is 1. The first-order valence-electron chi connectivity index (χ1n) is 5.69. The Labute approximate surface area is 124 Å². The zero-order chi connectivity index (χ0) is 14.8. The summed E-state index contributed by atoms with van der Waals surface area (Å²) >= 11 is 7.46. The zero-order valence-corrected chi connectivity index (χ0v) is 13.8. The number of sulfonamides is 1. The van der Waals surface area contributed by atoms with Gasteiger partial charge in [0.05, 0.1) is 15.6 Å². The van der Waals surface area contributed by atoms with Gasteiger partial charge in [0.2, 0.25) is 10.0 Å². The molecule has 0 aliphatic rings. The van der Waals surface area contributed by atoms with Crippen LogP contribution in [0.2, 0.25) is 5.02 Å². The van der Waals surface area contributed by atoms with E-state index in [1.165, 1.54) is 6.07 Å². The molecule has 0 aromatic heterocycles. The van der Waals surface area contributed by atoms with E-state index in [1.54, 1.807) is 24.8 Å². The predicted octanol–water partition coefficient (Wildman–Crippen LogP) is 2.65. The second-order valence-electron chi connectivity index (χ2n) is 4.93. The van der Waals surface area contributed by atoms with Gasteiger partial charge in [-0.3, -0.25) is 0 Å². The van der Waals surface area contributed by atoms with Crippen LogP contribution in [0.5, 0.6) is 0 Å². The molecule has 19 heavy (non-hydrogen) atoms. The summed E-state index contributed by atoms with van der Waals surface area (Å²) in [6.07, 6.45) is 1.94. The van der Waals surface area contributed by atoms with E-state index in [-0.39, 0.29) is 15.3 Å². The number of hydrogen-bond acceptors (Lipinski definition) is 4. The summed E-state index contributed by atoms with van der Waals surface area (Å²) in [5, 5.41) is 0.362. The third-order valence-corrected chi connectivity index (χ3v) is 5.94. The van der Waals surface area contributed by atoms with Gasteiger partial charge in [0.1, 0.15) is 0 Å². The van der Waals surface area contributed by atoms with E-state index in [1.807, 2.05) is 20.1 Å². The summed E-state index contributed by atoms with van der Waals surface area (Å²) in [6.45, 7) is 5.99. The lowest BCUT2D eigenvalue weighted by Crippen LogP contribution is -2.36. The van der Waals surface area contributed by atoms with E-state index in [9.17, 15) is 8.42 Å². The topological polar surface area (TPSA) is 72.2 Å². The molecule has 0 radical (unpaired) electrons. The number of hydrogen-bond donors (Lipinski definition) is 2. The molecule has 3 N–H and O–H groups in total. The van der Waals surface area contributed by atoms with Gasteiger partial charge in [-0.25, -0.2) is 13.1 Å². The van der Waals surface area contributed by atoms with E-state index < -0.39 is 10.0 Å². The fourth-order valence-corrected chi connectivity index (χ4v) is 3.37. The minimum absolute atomic E-state index is 0.168. The first-order chi connectivity index (χ1) is 8.59. The molecule has 0 atom stereocenters. The van der Waals surface area contributed by atoms with Gasteiger partial charge in [-0.05, 0) is 44.7 Å². The first kappa shape index (κ1) is 16.6. The highest BCUT2D eigenvalue weighted by Gasteiger charge is 2.23. The molecule has 1 rings (SSSR count). The molecule has 0 amide bonds. The Balaban J connectivity index is 3.05. The van der Waals surface area contributed by atoms with Crippen molar-refractivity contribution in [3.8, 4) is 0 Å². The van der Waals surface area contributed by atoms with Gasteiger partial charge in [-0.1, -0.05) is 11.6 Å². The fourth-order valence-electron chi connectivity index (χ4n) is 1.38. The maximum absolute atomic E-state index is 12.3. The van der Waals surface area contributed by atoms with Gasteiger partial charge < -0.3 is 5.73 Å². The Morgan fingerprint density at radius 2 is 2.00 bits per heavy atom. The van der Waals surface area contributed by atoms with Crippen LogP contribution in [0.4, 0.5) is 5.69 Å². The van der Waals surface area contributed by atoms with Crippen LogP contribution in [0.15, 0.2) is 17.0 Å². The van der Waals surface area contributed by atoms with Crippen LogP contribution < -0.4 is 10.5 Å². The van der Waals surface area contributed by atoms with Crippen LogP contribution in [0.25, 0.3) is 0 Å². The van der Waals surface area contributed by atoms with Crippen molar-refractivity contribution in [1.82, 2.24) is 4.72 Å². The normalized spacial score (nSPS) is 12.7. The van der Waals surface area contributed by atoms with Crippen LogP contribution in [0.3, 0.4) is 0 Å². The summed E-state index contributed by atoms with van der Waals surface area (Å²) < 4.78 is 27.0. The number of aryl methyl sites for hydroxylation is 1. The summed E-state index contributed by atoms with van der Waals surface area (Å²) in [5.74, 6) is 0. The molecule has 1 aromatic carbocycles. The van der Waals surface area contributed by atoms with Gasteiger partial charge in [0, 0.05) is 11.3 Å².